The van der Waals surface area contributed by atoms with Crippen LogP contribution in [0.2, 0.25) is 0 Å². The van der Waals surface area contributed by atoms with Crippen LogP contribution in [0.15, 0.2) is 36.4 Å². The van der Waals surface area contributed by atoms with E-state index in [4.69, 9.17) is 4.74 Å². The molecular formula is C26H29F2NO3. The lowest BCUT2D eigenvalue weighted by molar-refractivity contribution is -0.135. The van der Waals surface area contributed by atoms with Crippen molar-refractivity contribution in [3.05, 3.63) is 64.7 Å². The summed E-state index contributed by atoms with van der Waals surface area (Å²) in [7, 11) is 0. The van der Waals surface area contributed by atoms with Gasteiger partial charge in [0.05, 0.1) is 0 Å². The van der Waals surface area contributed by atoms with E-state index in [0.29, 0.717) is 16.9 Å². The lowest BCUT2D eigenvalue weighted by Gasteiger charge is -2.38. The Bertz CT molecular complexity index is 1030. The molecule has 1 aliphatic carbocycles. The Morgan fingerprint density at radius 1 is 1.06 bits per heavy atom. The van der Waals surface area contributed by atoms with Crippen LogP contribution in [-0.2, 0) is 16.8 Å². The van der Waals surface area contributed by atoms with Crippen LogP contribution in [0, 0.1) is 11.6 Å². The monoisotopic (exact) mass is 441 g/mol. The quantitative estimate of drug-likeness (QED) is 0.623. The Morgan fingerprint density at radius 3 is 2.34 bits per heavy atom. The van der Waals surface area contributed by atoms with Crippen molar-refractivity contribution in [3.63, 3.8) is 0 Å². The molecule has 0 saturated heterocycles. The third-order valence-corrected chi connectivity index (χ3v) is 6.68. The summed E-state index contributed by atoms with van der Waals surface area (Å²) in [5, 5.41) is 0. The molecule has 1 aliphatic heterocycles. The summed E-state index contributed by atoms with van der Waals surface area (Å²) in [6.07, 6.45) is 5.52. The van der Waals surface area contributed by atoms with Gasteiger partial charge in [0.25, 0.3) is 5.91 Å². The van der Waals surface area contributed by atoms with Gasteiger partial charge in [-0.3, -0.25) is 9.59 Å². The summed E-state index contributed by atoms with van der Waals surface area (Å²) in [6.45, 7) is 5.58. The second-order valence-electron chi connectivity index (χ2n) is 9.31. The van der Waals surface area contributed by atoms with Crippen LogP contribution in [0.1, 0.15) is 74.4 Å². The maximum absolute atomic E-state index is 13.8. The zero-order valence-corrected chi connectivity index (χ0v) is 18.8. The number of ether oxygens (including phenoxy) is 1. The van der Waals surface area contributed by atoms with Crippen LogP contribution in [0.4, 0.5) is 8.78 Å². The number of Topliss-reactive ketones (excluding diaryl/α,β-unsaturated/α-hetero) is 1. The van der Waals surface area contributed by atoms with Crippen molar-refractivity contribution < 1.29 is 23.1 Å². The molecule has 1 fully saturated rings. The van der Waals surface area contributed by atoms with Crippen molar-refractivity contribution >= 4 is 11.7 Å². The van der Waals surface area contributed by atoms with Crippen molar-refractivity contribution in [1.82, 2.24) is 4.90 Å². The van der Waals surface area contributed by atoms with E-state index in [0.717, 1.165) is 43.9 Å². The van der Waals surface area contributed by atoms with E-state index in [9.17, 15) is 18.4 Å². The molecule has 4 nitrogen and oxygen atoms in total. The number of carbonyl (C=O) groups excluding carboxylic acids is 2. The fourth-order valence-corrected chi connectivity index (χ4v) is 4.95. The van der Waals surface area contributed by atoms with Crippen LogP contribution in [0.5, 0.6) is 5.75 Å². The van der Waals surface area contributed by atoms with E-state index in [-0.39, 0.29) is 35.8 Å². The first-order chi connectivity index (χ1) is 15.2. The summed E-state index contributed by atoms with van der Waals surface area (Å²) >= 11 is 0. The third kappa shape index (κ3) is 4.15. The van der Waals surface area contributed by atoms with Gasteiger partial charge in [0.2, 0.25) is 0 Å². The number of amides is 1. The summed E-state index contributed by atoms with van der Waals surface area (Å²) in [5.41, 5.74) is -0.218. The second-order valence-corrected chi connectivity index (χ2v) is 9.31. The zero-order chi connectivity index (χ0) is 23.0. The molecule has 2 aliphatic rings. The maximum atomic E-state index is 13.8. The molecule has 0 N–H and O–H groups in total. The maximum Gasteiger partial charge on any atom is 0.254 e. The topological polar surface area (TPSA) is 46.6 Å². The molecule has 6 heteroatoms. The fraction of sp³-hybridized carbons (Fsp3) is 0.462. The average Bonchev–Trinajstić information content (AvgIpc) is 2.74. The predicted molar refractivity (Wildman–Crippen MR) is 118 cm³/mol. The SMILES string of the molecule is CC(C)N(C(=O)c1ccc2c(c1)CC(=O)C(C)(c1cc(F)cc(F)c1)O2)C1CCCCC1. The number of fused-ring (bicyclic) bond motifs is 1. The molecule has 1 saturated carbocycles. The minimum Gasteiger partial charge on any atom is -0.475 e. The van der Waals surface area contributed by atoms with Gasteiger partial charge in [-0.1, -0.05) is 19.3 Å². The number of hydrogen-bond donors (Lipinski definition) is 0. The molecule has 1 heterocycles. The van der Waals surface area contributed by atoms with E-state index in [2.05, 4.69) is 0 Å². The molecular weight excluding hydrogens is 412 g/mol. The van der Waals surface area contributed by atoms with Gasteiger partial charge in [-0.25, -0.2) is 8.78 Å². The molecule has 0 radical (unpaired) electrons. The van der Waals surface area contributed by atoms with Gasteiger partial charge in [0.1, 0.15) is 17.4 Å². The lowest BCUT2D eigenvalue weighted by atomic mass is 9.84. The predicted octanol–water partition coefficient (Wildman–Crippen LogP) is 5.57. The molecule has 170 valence electrons. The number of rotatable bonds is 4. The molecule has 0 aromatic heterocycles. The van der Waals surface area contributed by atoms with Crippen LogP contribution in [0.25, 0.3) is 0 Å². The van der Waals surface area contributed by atoms with Gasteiger partial charge < -0.3 is 9.64 Å². The standard InChI is InChI=1S/C26H29F2NO3/c1-16(2)29(22-7-5-4-6-8-22)25(31)17-9-10-23-18(11-17)12-24(30)26(3,32-23)19-13-20(27)15-21(28)14-19/h9-11,13-16,22H,4-8,12H2,1-3H3. The first-order valence-electron chi connectivity index (χ1n) is 11.3. The fourth-order valence-electron chi connectivity index (χ4n) is 4.95. The van der Waals surface area contributed by atoms with Crippen molar-refractivity contribution in [2.75, 3.05) is 0 Å². The van der Waals surface area contributed by atoms with Gasteiger partial charge in [-0.15, -0.1) is 0 Å². The summed E-state index contributed by atoms with van der Waals surface area (Å²) in [5.74, 6) is -1.43. The molecule has 1 amide bonds. The minimum absolute atomic E-state index is 0.0240. The van der Waals surface area contributed by atoms with E-state index in [1.54, 1.807) is 18.2 Å². The molecule has 0 bridgehead atoms. The van der Waals surface area contributed by atoms with Gasteiger partial charge in [0.15, 0.2) is 11.4 Å². The van der Waals surface area contributed by atoms with Crippen molar-refractivity contribution in [2.24, 2.45) is 0 Å². The number of ketones is 1. The van der Waals surface area contributed by atoms with Gasteiger partial charge >= 0.3 is 0 Å². The number of halogens is 2. The van der Waals surface area contributed by atoms with E-state index >= 15 is 0 Å². The van der Waals surface area contributed by atoms with Crippen LogP contribution < -0.4 is 4.74 Å². The highest BCUT2D eigenvalue weighted by atomic mass is 19.1. The van der Waals surface area contributed by atoms with Crippen molar-refractivity contribution in [1.29, 1.82) is 0 Å². The van der Waals surface area contributed by atoms with E-state index in [1.165, 1.54) is 13.3 Å². The van der Waals surface area contributed by atoms with Crippen LogP contribution in [-0.4, -0.2) is 28.7 Å². The molecule has 1 atom stereocenters. The minimum atomic E-state index is -1.49. The average molecular weight is 442 g/mol. The van der Waals surface area contributed by atoms with Crippen molar-refractivity contribution in [3.8, 4) is 5.75 Å². The van der Waals surface area contributed by atoms with E-state index < -0.39 is 17.2 Å². The Balaban J connectivity index is 1.63. The summed E-state index contributed by atoms with van der Waals surface area (Å²) < 4.78 is 33.5. The highest BCUT2D eigenvalue weighted by Gasteiger charge is 2.42. The van der Waals surface area contributed by atoms with Gasteiger partial charge in [-0.2, -0.15) is 0 Å². The first kappa shape index (κ1) is 22.4. The Kier molecular flexibility index (Phi) is 6.06. The Morgan fingerprint density at radius 2 is 1.72 bits per heavy atom. The molecule has 0 spiro atoms. The third-order valence-electron chi connectivity index (χ3n) is 6.68. The smallest absolute Gasteiger partial charge is 0.254 e. The number of carbonyl (C=O) groups is 2. The normalized spacial score (nSPS) is 21.2. The van der Waals surface area contributed by atoms with Crippen LogP contribution >= 0.6 is 0 Å². The van der Waals surface area contributed by atoms with Gasteiger partial charge in [0, 0.05) is 41.3 Å². The number of hydrogen-bond acceptors (Lipinski definition) is 3. The Hall–Kier alpha value is -2.76. The van der Waals surface area contributed by atoms with E-state index in [1.807, 2.05) is 18.7 Å². The van der Waals surface area contributed by atoms with Crippen LogP contribution in [0.3, 0.4) is 0 Å². The van der Waals surface area contributed by atoms with Crippen molar-refractivity contribution in [2.45, 2.75) is 77.0 Å². The zero-order valence-electron chi connectivity index (χ0n) is 18.8. The molecule has 1 unspecified atom stereocenters. The number of nitrogens with zero attached hydrogens (tertiary/aromatic N) is 1. The molecule has 2 aromatic carbocycles. The summed E-state index contributed by atoms with van der Waals surface area (Å²) in [6, 6.07) is 8.42. The molecule has 2 aromatic rings. The second kappa shape index (κ2) is 8.64. The first-order valence-corrected chi connectivity index (χ1v) is 11.3. The summed E-state index contributed by atoms with van der Waals surface area (Å²) in [4.78, 5) is 28.4. The molecule has 32 heavy (non-hydrogen) atoms. The molecule has 4 rings (SSSR count). The highest BCUT2D eigenvalue weighted by Crippen LogP contribution is 2.38. The highest BCUT2D eigenvalue weighted by molar-refractivity contribution is 5.97. The Labute approximate surface area is 187 Å². The number of benzene rings is 2. The lowest BCUT2D eigenvalue weighted by Crippen LogP contribution is -2.46. The van der Waals surface area contributed by atoms with Gasteiger partial charge in [-0.05, 0) is 63.9 Å². The largest absolute Gasteiger partial charge is 0.475 e.